The molecule has 3 aromatic carbocycles. The first kappa shape index (κ1) is 29.4. The molecule has 5 rings (SSSR count). The number of amides is 1. The van der Waals surface area contributed by atoms with Gasteiger partial charge >= 0.3 is 0 Å². The maximum absolute atomic E-state index is 14.2. The van der Waals surface area contributed by atoms with E-state index in [9.17, 15) is 9.90 Å². The Bertz CT molecular complexity index is 1420. The quantitative estimate of drug-likeness (QED) is 0.228. The minimum Gasteiger partial charge on any atom is -0.496 e. The first-order valence-corrected chi connectivity index (χ1v) is 14.2. The minimum absolute atomic E-state index is 0. The van der Waals surface area contributed by atoms with Gasteiger partial charge in [-0.3, -0.25) is 4.79 Å². The summed E-state index contributed by atoms with van der Waals surface area (Å²) in [5, 5.41) is 14.3. The smallest absolute Gasteiger partial charge is 0.266 e. The first-order valence-electron chi connectivity index (χ1n) is 13.0. The van der Waals surface area contributed by atoms with Gasteiger partial charge in [0, 0.05) is 34.3 Å². The van der Waals surface area contributed by atoms with Gasteiger partial charge in [-0.1, -0.05) is 60.1 Å². The number of aliphatic hydroxyl groups excluding tert-OH is 1. The number of fused-ring (bicyclic) bond motifs is 1. The van der Waals surface area contributed by atoms with Gasteiger partial charge in [-0.15, -0.1) is 23.7 Å². The Morgan fingerprint density at radius 3 is 2.38 bits per heavy atom. The van der Waals surface area contributed by atoms with Crippen molar-refractivity contribution in [3.63, 3.8) is 0 Å². The molecule has 1 aromatic heterocycles. The summed E-state index contributed by atoms with van der Waals surface area (Å²) in [7, 11) is 3.68. The zero-order chi connectivity index (χ0) is 26.6. The highest BCUT2D eigenvalue weighted by Gasteiger charge is 2.32. The Morgan fingerprint density at radius 1 is 1.05 bits per heavy atom. The molecule has 0 atom stereocenters. The predicted octanol–water partition coefficient (Wildman–Crippen LogP) is 7.32. The van der Waals surface area contributed by atoms with Crippen LogP contribution in [0.4, 0.5) is 0 Å². The molecule has 206 valence electrons. The van der Waals surface area contributed by atoms with E-state index in [2.05, 4.69) is 11.4 Å². The zero-order valence-corrected chi connectivity index (χ0v) is 24.5. The van der Waals surface area contributed by atoms with E-state index in [1.54, 1.807) is 7.11 Å². The summed E-state index contributed by atoms with van der Waals surface area (Å²) in [5.74, 6) is 0.730. The zero-order valence-electron chi connectivity index (χ0n) is 22.2. The van der Waals surface area contributed by atoms with Crippen molar-refractivity contribution in [1.29, 1.82) is 0 Å². The molecule has 0 unspecified atom stereocenters. The normalized spacial score (nSPS) is 17.0. The fraction of sp³-hybridized carbons (Fsp3) is 0.323. The SMILES string of the molecule is CNC1CCC(N(Cc2cc(-c3ccc(CO)cc3)ccc2OC)C(=O)c2sc3ccccc3c2Cl)CC1.Cl. The van der Waals surface area contributed by atoms with E-state index in [0.717, 1.165) is 63.8 Å². The van der Waals surface area contributed by atoms with Crippen LogP contribution in [0, 0.1) is 0 Å². The Hall–Kier alpha value is -2.61. The lowest BCUT2D eigenvalue weighted by Gasteiger charge is -2.37. The second-order valence-corrected chi connectivity index (χ2v) is 11.3. The predicted molar refractivity (Wildman–Crippen MR) is 163 cm³/mol. The van der Waals surface area contributed by atoms with Gasteiger partial charge in [0.15, 0.2) is 0 Å². The fourth-order valence-corrected chi connectivity index (χ4v) is 6.86. The summed E-state index contributed by atoms with van der Waals surface area (Å²) in [6.07, 6.45) is 3.92. The number of carbonyl (C=O) groups is 1. The molecule has 0 radical (unpaired) electrons. The van der Waals surface area contributed by atoms with Crippen LogP contribution in [-0.2, 0) is 13.2 Å². The Morgan fingerprint density at radius 2 is 1.74 bits per heavy atom. The average molecular weight is 586 g/mol. The number of nitrogens with zero attached hydrogens (tertiary/aromatic N) is 1. The van der Waals surface area contributed by atoms with Crippen molar-refractivity contribution in [2.75, 3.05) is 14.2 Å². The third-order valence-electron chi connectivity index (χ3n) is 7.63. The van der Waals surface area contributed by atoms with Crippen molar-refractivity contribution in [1.82, 2.24) is 10.2 Å². The molecule has 0 bridgehead atoms. The van der Waals surface area contributed by atoms with E-state index in [1.807, 2.05) is 72.6 Å². The summed E-state index contributed by atoms with van der Waals surface area (Å²) in [6, 6.07) is 22.5. The van der Waals surface area contributed by atoms with Crippen LogP contribution in [0.15, 0.2) is 66.7 Å². The Labute approximate surface area is 245 Å². The second-order valence-electron chi connectivity index (χ2n) is 9.85. The molecule has 1 amide bonds. The van der Waals surface area contributed by atoms with Gasteiger partial charge in [0.25, 0.3) is 5.91 Å². The van der Waals surface area contributed by atoms with Crippen molar-refractivity contribution in [2.45, 2.75) is 50.9 Å². The summed E-state index contributed by atoms with van der Waals surface area (Å²) in [4.78, 5) is 16.8. The lowest BCUT2D eigenvalue weighted by Crippen LogP contribution is -2.44. The Balaban J connectivity index is 0.00000353. The lowest BCUT2D eigenvalue weighted by molar-refractivity contribution is 0.0604. The summed E-state index contributed by atoms with van der Waals surface area (Å²) in [6.45, 7) is 0.450. The number of nitrogens with one attached hydrogen (secondary N) is 1. The topological polar surface area (TPSA) is 61.8 Å². The van der Waals surface area contributed by atoms with E-state index >= 15 is 0 Å². The van der Waals surface area contributed by atoms with Crippen molar-refractivity contribution in [3.05, 3.63) is 87.8 Å². The maximum Gasteiger partial charge on any atom is 0.266 e. The highest BCUT2D eigenvalue weighted by molar-refractivity contribution is 7.21. The fourth-order valence-electron chi connectivity index (χ4n) is 5.39. The first-order chi connectivity index (χ1) is 18.5. The van der Waals surface area contributed by atoms with E-state index < -0.39 is 0 Å². The van der Waals surface area contributed by atoms with E-state index in [1.165, 1.54) is 11.3 Å². The number of rotatable bonds is 8. The molecule has 1 aliphatic rings. The van der Waals surface area contributed by atoms with Gasteiger partial charge in [0.2, 0.25) is 0 Å². The highest BCUT2D eigenvalue weighted by Crippen LogP contribution is 2.38. The monoisotopic (exact) mass is 584 g/mol. The molecule has 4 aromatic rings. The summed E-state index contributed by atoms with van der Waals surface area (Å²) in [5.41, 5.74) is 3.91. The average Bonchev–Trinajstić information content (AvgIpc) is 3.32. The van der Waals surface area contributed by atoms with Crippen LogP contribution in [0.5, 0.6) is 5.75 Å². The van der Waals surface area contributed by atoms with Gasteiger partial charge < -0.3 is 20.1 Å². The van der Waals surface area contributed by atoms with E-state index in [0.29, 0.717) is 22.5 Å². The van der Waals surface area contributed by atoms with Gasteiger partial charge in [-0.25, -0.2) is 0 Å². The molecule has 39 heavy (non-hydrogen) atoms. The van der Waals surface area contributed by atoms with E-state index in [4.69, 9.17) is 16.3 Å². The van der Waals surface area contributed by atoms with Crippen LogP contribution >= 0.6 is 35.3 Å². The largest absolute Gasteiger partial charge is 0.496 e. The second kappa shape index (κ2) is 13.2. The number of hydrogen-bond acceptors (Lipinski definition) is 5. The van der Waals surface area contributed by atoms with Gasteiger partial charge in [-0.2, -0.15) is 0 Å². The molecule has 1 saturated carbocycles. The van der Waals surface area contributed by atoms with E-state index in [-0.39, 0.29) is 31.0 Å². The third kappa shape index (κ3) is 6.26. The number of benzene rings is 3. The molecule has 0 spiro atoms. The van der Waals surface area contributed by atoms with Crippen molar-refractivity contribution < 1.29 is 14.6 Å². The number of hydrogen-bond donors (Lipinski definition) is 2. The minimum atomic E-state index is -0.0242. The van der Waals surface area contributed by atoms with Gasteiger partial charge in [0.05, 0.1) is 18.7 Å². The summed E-state index contributed by atoms with van der Waals surface area (Å²) >= 11 is 8.25. The molecule has 1 fully saturated rings. The van der Waals surface area contributed by atoms with Gasteiger partial charge in [0.1, 0.15) is 10.6 Å². The van der Waals surface area contributed by atoms with Crippen molar-refractivity contribution in [2.24, 2.45) is 0 Å². The Kier molecular flexibility index (Phi) is 9.91. The van der Waals surface area contributed by atoms with Crippen LogP contribution in [0.1, 0.15) is 46.5 Å². The number of thiophene rings is 1. The number of ether oxygens (including phenoxy) is 1. The summed E-state index contributed by atoms with van der Waals surface area (Å²) < 4.78 is 6.77. The standard InChI is InChI=1S/C31H33ClN2O3S.ClH/c1-33-24-12-14-25(15-13-24)34(31(36)30-29(32)26-5-3-4-6-28(26)38-30)18-23-17-22(11-16-27(23)37-2)21-9-7-20(19-35)8-10-21;/h3-11,16-17,24-25,33,35H,12-15,18-19H2,1-2H3;1H. The van der Waals surface area contributed by atoms with Crippen LogP contribution < -0.4 is 10.1 Å². The molecule has 1 aliphatic carbocycles. The van der Waals surface area contributed by atoms with Crippen molar-refractivity contribution in [3.8, 4) is 16.9 Å². The van der Waals surface area contributed by atoms with Crippen LogP contribution in [0.3, 0.4) is 0 Å². The molecule has 0 aliphatic heterocycles. The highest BCUT2D eigenvalue weighted by atomic mass is 35.5. The molecular weight excluding hydrogens is 551 g/mol. The molecule has 0 saturated heterocycles. The van der Waals surface area contributed by atoms with Crippen LogP contribution in [0.2, 0.25) is 5.02 Å². The third-order valence-corrected chi connectivity index (χ3v) is 9.29. The number of carbonyl (C=O) groups excluding carboxylic acids is 1. The number of halogens is 2. The van der Waals surface area contributed by atoms with Crippen LogP contribution in [0.25, 0.3) is 21.2 Å². The van der Waals surface area contributed by atoms with Crippen LogP contribution in [-0.4, -0.2) is 42.2 Å². The molecular formula is C31H34Cl2N2O3S. The molecule has 5 nitrogen and oxygen atoms in total. The van der Waals surface area contributed by atoms with Crippen molar-refractivity contribution >= 4 is 51.3 Å². The number of aliphatic hydroxyl groups is 1. The maximum atomic E-state index is 14.2. The number of methoxy groups -OCH3 is 1. The lowest BCUT2D eigenvalue weighted by atomic mass is 9.89. The molecule has 8 heteroatoms. The van der Waals surface area contributed by atoms with Gasteiger partial charge in [-0.05, 0) is 67.6 Å². The molecule has 2 N–H and O–H groups in total. The molecule has 1 heterocycles.